The van der Waals surface area contributed by atoms with E-state index in [1.807, 2.05) is 0 Å². The average molecular weight is 335 g/mol. The minimum absolute atomic E-state index is 0.0232. The van der Waals surface area contributed by atoms with Crippen LogP contribution in [-0.2, 0) is 16.1 Å². The summed E-state index contributed by atoms with van der Waals surface area (Å²) in [5.74, 6) is -0.559. The van der Waals surface area contributed by atoms with Gasteiger partial charge in [-0.1, -0.05) is 0 Å². The first-order chi connectivity index (χ1) is 11.0. The van der Waals surface area contributed by atoms with E-state index in [2.05, 4.69) is 4.98 Å². The molecule has 2 aromatic heterocycles. The number of fused-ring (bicyclic) bond motifs is 1. The summed E-state index contributed by atoms with van der Waals surface area (Å²) >= 11 is 1.13. The van der Waals surface area contributed by atoms with Crippen molar-refractivity contribution in [1.82, 2.24) is 14.5 Å². The van der Waals surface area contributed by atoms with Crippen LogP contribution >= 0.6 is 11.3 Å². The molecule has 0 bridgehead atoms. The molecule has 3 rings (SSSR count). The summed E-state index contributed by atoms with van der Waals surface area (Å²) < 4.78 is 6.03. The van der Waals surface area contributed by atoms with Crippen molar-refractivity contribution in [3.63, 3.8) is 0 Å². The van der Waals surface area contributed by atoms with E-state index in [9.17, 15) is 14.4 Å². The molecule has 8 heteroatoms. The number of hydrogen-bond donors (Lipinski definition) is 0. The molecule has 0 spiro atoms. The highest BCUT2D eigenvalue weighted by Crippen LogP contribution is 2.27. The molecule has 122 valence electrons. The van der Waals surface area contributed by atoms with Crippen LogP contribution in [0.1, 0.15) is 28.1 Å². The number of esters is 1. The highest BCUT2D eigenvalue weighted by molar-refractivity contribution is 7.20. The Morgan fingerprint density at radius 1 is 1.35 bits per heavy atom. The van der Waals surface area contributed by atoms with Crippen LogP contribution in [0.5, 0.6) is 0 Å². The molecule has 0 aliphatic carbocycles. The molecule has 1 amide bonds. The molecule has 1 fully saturated rings. The molecule has 3 heterocycles. The molecular formula is C15H17N3O4S. The summed E-state index contributed by atoms with van der Waals surface area (Å²) in [7, 11) is 1.30. The van der Waals surface area contributed by atoms with Crippen molar-refractivity contribution in [2.45, 2.75) is 26.3 Å². The van der Waals surface area contributed by atoms with Crippen LogP contribution in [0.15, 0.2) is 11.1 Å². The van der Waals surface area contributed by atoms with Crippen LogP contribution in [0.2, 0.25) is 0 Å². The number of thiophene rings is 1. The zero-order valence-electron chi connectivity index (χ0n) is 13.0. The maximum absolute atomic E-state index is 12.6. The number of carbonyl (C=O) groups excluding carboxylic acids is 2. The van der Waals surface area contributed by atoms with Gasteiger partial charge in [0.05, 0.1) is 18.8 Å². The second kappa shape index (κ2) is 6.11. The van der Waals surface area contributed by atoms with Crippen LogP contribution in [0.25, 0.3) is 10.2 Å². The molecule has 0 unspecified atom stereocenters. The van der Waals surface area contributed by atoms with Crippen molar-refractivity contribution >= 4 is 33.4 Å². The minimum Gasteiger partial charge on any atom is -0.465 e. The normalized spacial score (nSPS) is 14.4. The smallest absolute Gasteiger partial charge is 0.348 e. The number of nitrogens with zero attached hydrogens (tertiary/aromatic N) is 3. The Kier molecular flexibility index (Phi) is 4.16. The number of aryl methyl sites for hydroxylation is 1. The largest absolute Gasteiger partial charge is 0.465 e. The Labute approximate surface area is 136 Å². The number of hydrogen-bond acceptors (Lipinski definition) is 6. The number of ether oxygens (including phenoxy) is 1. The summed E-state index contributed by atoms with van der Waals surface area (Å²) in [4.78, 5) is 43.4. The fourth-order valence-electron chi connectivity index (χ4n) is 2.77. The standard InChI is InChI=1S/C15H17N3O4S/c1-9-11-13(23-12(9)15(21)22-2)16-8-18(14(11)20)7-10(19)17-5-3-4-6-17/h8H,3-7H2,1-2H3. The number of amides is 1. The van der Waals surface area contributed by atoms with E-state index in [4.69, 9.17) is 4.74 Å². The molecule has 7 nitrogen and oxygen atoms in total. The van der Waals surface area contributed by atoms with Gasteiger partial charge in [0, 0.05) is 13.1 Å². The van der Waals surface area contributed by atoms with E-state index in [0.717, 1.165) is 37.3 Å². The van der Waals surface area contributed by atoms with Gasteiger partial charge in [0.2, 0.25) is 5.91 Å². The molecule has 1 aliphatic heterocycles. The van der Waals surface area contributed by atoms with Gasteiger partial charge in [-0.3, -0.25) is 14.2 Å². The van der Waals surface area contributed by atoms with Crippen LogP contribution in [0.3, 0.4) is 0 Å². The van der Waals surface area contributed by atoms with Gasteiger partial charge in [-0.05, 0) is 25.3 Å². The van der Waals surface area contributed by atoms with Gasteiger partial charge < -0.3 is 9.64 Å². The number of carbonyl (C=O) groups is 2. The molecule has 1 aliphatic rings. The first kappa shape index (κ1) is 15.7. The van der Waals surface area contributed by atoms with E-state index in [1.165, 1.54) is 18.0 Å². The monoisotopic (exact) mass is 335 g/mol. The topological polar surface area (TPSA) is 81.5 Å². The zero-order chi connectivity index (χ0) is 16.6. The highest BCUT2D eigenvalue weighted by Gasteiger charge is 2.22. The van der Waals surface area contributed by atoms with Crippen LogP contribution < -0.4 is 5.56 Å². The van der Waals surface area contributed by atoms with Gasteiger partial charge >= 0.3 is 5.97 Å². The van der Waals surface area contributed by atoms with Gasteiger partial charge in [-0.2, -0.15) is 0 Å². The van der Waals surface area contributed by atoms with E-state index >= 15 is 0 Å². The van der Waals surface area contributed by atoms with Crippen molar-refractivity contribution in [2.24, 2.45) is 0 Å². The van der Waals surface area contributed by atoms with Gasteiger partial charge in [0.25, 0.3) is 5.56 Å². The molecule has 0 aromatic carbocycles. The maximum atomic E-state index is 12.6. The van der Waals surface area contributed by atoms with Gasteiger partial charge in [0.1, 0.15) is 16.3 Å². The van der Waals surface area contributed by atoms with Gasteiger partial charge in [-0.25, -0.2) is 9.78 Å². The van der Waals surface area contributed by atoms with Crippen LogP contribution in [0, 0.1) is 6.92 Å². The predicted molar refractivity (Wildman–Crippen MR) is 85.8 cm³/mol. The SMILES string of the molecule is COC(=O)c1sc2ncn(CC(=O)N3CCCC3)c(=O)c2c1C. The molecule has 23 heavy (non-hydrogen) atoms. The highest BCUT2D eigenvalue weighted by atomic mass is 32.1. The predicted octanol–water partition coefficient (Wildman–Crippen LogP) is 1.18. The van der Waals surface area contributed by atoms with E-state index in [-0.39, 0.29) is 18.0 Å². The van der Waals surface area contributed by atoms with Crippen molar-refractivity contribution in [1.29, 1.82) is 0 Å². The molecule has 0 radical (unpaired) electrons. The van der Waals surface area contributed by atoms with Crippen molar-refractivity contribution in [2.75, 3.05) is 20.2 Å². The Morgan fingerprint density at radius 3 is 2.70 bits per heavy atom. The second-order valence-corrected chi connectivity index (χ2v) is 6.49. The van der Waals surface area contributed by atoms with E-state index in [0.29, 0.717) is 20.7 Å². The van der Waals surface area contributed by atoms with Crippen molar-refractivity contribution in [3.05, 3.63) is 27.1 Å². The third kappa shape index (κ3) is 2.74. The number of rotatable bonds is 3. The molecule has 2 aromatic rings. The number of methoxy groups -OCH3 is 1. The first-order valence-electron chi connectivity index (χ1n) is 7.37. The molecule has 1 saturated heterocycles. The summed E-state index contributed by atoms with van der Waals surface area (Å²) in [6.45, 7) is 3.16. The molecule has 0 saturated carbocycles. The lowest BCUT2D eigenvalue weighted by Gasteiger charge is -2.15. The summed E-state index contributed by atoms with van der Waals surface area (Å²) in [5, 5.41) is 0.382. The van der Waals surface area contributed by atoms with Gasteiger partial charge in [0.15, 0.2) is 0 Å². The van der Waals surface area contributed by atoms with Crippen LogP contribution in [0.4, 0.5) is 0 Å². The number of aromatic nitrogens is 2. The minimum atomic E-state index is -0.482. The summed E-state index contributed by atoms with van der Waals surface area (Å²) in [6, 6.07) is 0. The van der Waals surface area contributed by atoms with E-state index < -0.39 is 5.97 Å². The Morgan fingerprint density at radius 2 is 2.04 bits per heavy atom. The number of likely N-dealkylation sites (tertiary alicyclic amines) is 1. The second-order valence-electron chi connectivity index (χ2n) is 5.49. The van der Waals surface area contributed by atoms with Crippen LogP contribution in [-0.4, -0.2) is 46.5 Å². The third-order valence-electron chi connectivity index (χ3n) is 4.05. The van der Waals surface area contributed by atoms with E-state index in [1.54, 1.807) is 11.8 Å². The Bertz CT molecular complexity index is 833. The quantitative estimate of drug-likeness (QED) is 0.787. The first-order valence-corrected chi connectivity index (χ1v) is 8.19. The molecule has 0 N–H and O–H groups in total. The lowest BCUT2D eigenvalue weighted by atomic mass is 10.2. The Balaban J connectivity index is 1.98. The molecular weight excluding hydrogens is 318 g/mol. The summed E-state index contributed by atoms with van der Waals surface area (Å²) in [5.41, 5.74) is 0.253. The van der Waals surface area contributed by atoms with Crippen molar-refractivity contribution < 1.29 is 14.3 Å². The van der Waals surface area contributed by atoms with Crippen molar-refractivity contribution in [3.8, 4) is 0 Å². The lowest BCUT2D eigenvalue weighted by Crippen LogP contribution is -2.34. The molecule has 0 atom stereocenters. The van der Waals surface area contributed by atoms with Gasteiger partial charge in [-0.15, -0.1) is 11.3 Å². The summed E-state index contributed by atoms with van der Waals surface area (Å²) in [6.07, 6.45) is 3.38. The Hall–Kier alpha value is -2.22. The third-order valence-corrected chi connectivity index (χ3v) is 5.23. The fourth-order valence-corrected chi connectivity index (χ4v) is 3.83. The fraction of sp³-hybridized carbons (Fsp3) is 0.467. The maximum Gasteiger partial charge on any atom is 0.348 e. The lowest BCUT2D eigenvalue weighted by molar-refractivity contribution is -0.130. The zero-order valence-corrected chi connectivity index (χ0v) is 13.8. The average Bonchev–Trinajstić information content (AvgIpc) is 3.18.